The number of imide groups is 1. The highest BCUT2D eigenvalue weighted by Crippen LogP contribution is 2.34. The molecule has 0 bridgehead atoms. The van der Waals surface area contributed by atoms with Gasteiger partial charge in [0.05, 0.1) is 0 Å². The van der Waals surface area contributed by atoms with E-state index in [9.17, 15) is 18.4 Å². The molecular formula is C25H29F2N3O3. The van der Waals surface area contributed by atoms with Gasteiger partial charge in [-0.05, 0) is 67.6 Å². The number of ether oxygens (including phenoxy) is 1. The average molecular weight is 458 g/mol. The summed E-state index contributed by atoms with van der Waals surface area (Å²) in [6.45, 7) is 5.47. The van der Waals surface area contributed by atoms with Crippen LogP contribution in [0, 0.1) is 11.6 Å². The summed E-state index contributed by atoms with van der Waals surface area (Å²) in [5, 5.41) is 2.75. The predicted octanol–water partition coefficient (Wildman–Crippen LogP) is 4.61. The Balaban J connectivity index is 1.24. The normalized spacial score (nSPS) is 20.5. The van der Waals surface area contributed by atoms with Crippen LogP contribution < -0.4 is 5.32 Å². The Kier molecular flexibility index (Phi) is 6.93. The maximum absolute atomic E-state index is 13.6. The number of likely N-dealkylation sites (tertiary alicyclic amines) is 1. The summed E-state index contributed by atoms with van der Waals surface area (Å²) >= 11 is 0. The Bertz CT molecular complexity index is 994. The number of cyclic esters (lactones) is 1. The molecule has 4 rings (SSSR count). The first kappa shape index (κ1) is 23.2. The van der Waals surface area contributed by atoms with Crippen LogP contribution in [0.3, 0.4) is 0 Å². The summed E-state index contributed by atoms with van der Waals surface area (Å²) in [4.78, 5) is 28.0. The molecule has 0 aromatic heterocycles. The molecule has 2 aromatic rings. The Morgan fingerprint density at radius 1 is 1.12 bits per heavy atom. The van der Waals surface area contributed by atoms with E-state index in [1.54, 1.807) is 0 Å². The molecule has 1 unspecified atom stereocenters. The van der Waals surface area contributed by atoms with Crippen molar-refractivity contribution in [3.63, 3.8) is 0 Å². The smallest absolute Gasteiger partial charge is 0.418 e. The summed E-state index contributed by atoms with van der Waals surface area (Å²) in [7, 11) is 0. The van der Waals surface area contributed by atoms with Crippen LogP contribution in [0.1, 0.15) is 43.4 Å². The molecule has 0 spiro atoms. The van der Waals surface area contributed by atoms with Crippen molar-refractivity contribution in [2.75, 3.05) is 32.8 Å². The fourth-order valence-corrected chi connectivity index (χ4v) is 4.59. The molecule has 8 heteroatoms. The molecule has 0 saturated carbocycles. The summed E-state index contributed by atoms with van der Waals surface area (Å²) < 4.78 is 31.8. The lowest BCUT2D eigenvalue weighted by Crippen LogP contribution is -2.44. The van der Waals surface area contributed by atoms with Gasteiger partial charge in [0.1, 0.15) is 12.6 Å². The molecule has 1 atom stereocenters. The molecule has 1 N–H and O–H groups in total. The molecule has 2 fully saturated rings. The lowest BCUT2D eigenvalue weighted by molar-refractivity contribution is 0.156. The highest BCUT2D eigenvalue weighted by Gasteiger charge is 2.39. The Hall–Kier alpha value is -3.00. The highest BCUT2D eigenvalue weighted by atomic mass is 19.2. The van der Waals surface area contributed by atoms with Gasteiger partial charge >= 0.3 is 12.1 Å². The quantitative estimate of drug-likeness (QED) is 0.644. The van der Waals surface area contributed by atoms with Gasteiger partial charge < -0.3 is 15.0 Å². The number of carbonyl (C=O) groups is 2. The van der Waals surface area contributed by atoms with Crippen LogP contribution in [0.4, 0.5) is 18.4 Å². The molecular weight excluding hydrogens is 428 g/mol. The summed E-state index contributed by atoms with van der Waals surface area (Å²) in [6, 6.07) is 12.5. The molecule has 0 aliphatic carbocycles. The molecule has 176 valence electrons. The molecule has 2 aromatic carbocycles. The van der Waals surface area contributed by atoms with E-state index in [0.29, 0.717) is 12.1 Å². The van der Waals surface area contributed by atoms with Gasteiger partial charge in [0, 0.05) is 6.54 Å². The number of carbonyl (C=O) groups excluding carboxylic acids is 2. The van der Waals surface area contributed by atoms with Gasteiger partial charge in [-0.2, -0.15) is 0 Å². The number of benzene rings is 2. The Morgan fingerprint density at radius 2 is 1.85 bits per heavy atom. The van der Waals surface area contributed by atoms with E-state index in [-0.39, 0.29) is 12.0 Å². The minimum atomic E-state index is -1.03. The zero-order chi connectivity index (χ0) is 23.4. The van der Waals surface area contributed by atoms with E-state index >= 15 is 0 Å². The summed E-state index contributed by atoms with van der Waals surface area (Å²) in [5.74, 6) is -2.01. The van der Waals surface area contributed by atoms with Gasteiger partial charge in [-0.15, -0.1) is 0 Å². The van der Waals surface area contributed by atoms with Gasteiger partial charge in [0.15, 0.2) is 11.6 Å². The molecule has 3 amide bonds. The minimum Gasteiger partial charge on any atom is -0.446 e. The molecule has 0 radical (unpaired) electrons. The highest BCUT2D eigenvalue weighted by molar-refractivity contribution is 5.92. The molecule has 2 saturated heterocycles. The lowest BCUT2D eigenvalue weighted by atomic mass is 9.74. The number of hydrogen-bond acceptors (Lipinski definition) is 4. The Morgan fingerprint density at radius 3 is 2.55 bits per heavy atom. The minimum absolute atomic E-state index is 0.0920. The summed E-state index contributed by atoms with van der Waals surface area (Å²) in [6.07, 6.45) is 2.11. The maximum atomic E-state index is 13.6. The van der Waals surface area contributed by atoms with Gasteiger partial charge in [0.25, 0.3) is 0 Å². The van der Waals surface area contributed by atoms with E-state index in [2.05, 4.69) is 41.4 Å². The predicted molar refractivity (Wildman–Crippen MR) is 120 cm³/mol. The van der Waals surface area contributed by atoms with E-state index in [4.69, 9.17) is 4.74 Å². The van der Waals surface area contributed by atoms with Crippen LogP contribution in [0.25, 0.3) is 0 Å². The molecule has 2 heterocycles. The first-order chi connectivity index (χ1) is 15.9. The third-order valence-corrected chi connectivity index (χ3v) is 6.78. The van der Waals surface area contributed by atoms with Crippen molar-refractivity contribution in [3.8, 4) is 0 Å². The number of hydrogen-bond donors (Lipinski definition) is 1. The van der Waals surface area contributed by atoms with E-state index in [0.717, 1.165) is 55.9 Å². The molecule has 33 heavy (non-hydrogen) atoms. The number of nitrogens with zero attached hydrogens (tertiary/aromatic N) is 2. The first-order valence-corrected chi connectivity index (χ1v) is 11.3. The van der Waals surface area contributed by atoms with Crippen molar-refractivity contribution in [1.29, 1.82) is 0 Å². The SMILES string of the molecule is CC1(c2ccccc2)CCN(CCCNC(=O)N2C(=O)OCC2c2ccc(F)c(F)c2)CC1. The van der Waals surface area contributed by atoms with Crippen LogP contribution in [-0.4, -0.2) is 54.7 Å². The first-order valence-electron chi connectivity index (χ1n) is 11.3. The fraction of sp³-hybridized carbons (Fsp3) is 0.440. The Labute approximate surface area is 192 Å². The zero-order valence-corrected chi connectivity index (χ0v) is 18.7. The second-order valence-electron chi connectivity index (χ2n) is 8.99. The molecule has 6 nitrogen and oxygen atoms in total. The van der Waals surface area contributed by atoms with Crippen molar-refractivity contribution in [3.05, 3.63) is 71.3 Å². The van der Waals surface area contributed by atoms with E-state index in [1.165, 1.54) is 11.6 Å². The van der Waals surface area contributed by atoms with Crippen molar-refractivity contribution in [2.45, 2.75) is 37.6 Å². The monoisotopic (exact) mass is 457 g/mol. The zero-order valence-electron chi connectivity index (χ0n) is 18.7. The number of urea groups is 1. The van der Waals surface area contributed by atoms with Crippen molar-refractivity contribution in [2.24, 2.45) is 0 Å². The van der Waals surface area contributed by atoms with E-state index < -0.39 is 29.8 Å². The number of nitrogens with one attached hydrogen (secondary N) is 1. The summed E-state index contributed by atoms with van der Waals surface area (Å²) in [5.41, 5.74) is 1.88. The lowest BCUT2D eigenvalue weighted by Gasteiger charge is -2.40. The molecule has 2 aliphatic rings. The van der Waals surface area contributed by atoms with Crippen molar-refractivity contribution >= 4 is 12.1 Å². The van der Waals surface area contributed by atoms with Crippen LogP contribution in [0.5, 0.6) is 0 Å². The van der Waals surface area contributed by atoms with Gasteiger partial charge in [-0.25, -0.2) is 23.3 Å². The van der Waals surface area contributed by atoms with E-state index in [1.807, 2.05) is 6.07 Å². The second kappa shape index (κ2) is 9.87. The third kappa shape index (κ3) is 5.16. The fourth-order valence-electron chi connectivity index (χ4n) is 4.59. The molecule has 2 aliphatic heterocycles. The largest absolute Gasteiger partial charge is 0.446 e. The number of piperidine rings is 1. The standard InChI is InChI=1S/C25H29F2N3O3/c1-25(19-6-3-2-4-7-19)10-14-29(15-11-25)13-5-12-28-23(31)30-22(17-33-24(30)32)18-8-9-20(26)21(27)16-18/h2-4,6-9,16,22H,5,10-15,17H2,1H3,(H,28,31). The maximum Gasteiger partial charge on any atom is 0.418 e. The van der Waals surface area contributed by atoms with Gasteiger partial charge in [0.2, 0.25) is 0 Å². The third-order valence-electron chi connectivity index (χ3n) is 6.78. The van der Waals surface area contributed by atoms with Gasteiger partial charge in [-0.1, -0.05) is 43.3 Å². The van der Waals surface area contributed by atoms with Crippen LogP contribution >= 0.6 is 0 Å². The average Bonchev–Trinajstić information content (AvgIpc) is 3.21. The van der Waals surface area contributed by atoms with Crippen LogP contribution in [0.2, 0.25) is 0 Å². The van der Waals surface area contributed by atoms with Crippen molar-refractivity contribution < 1.29 is 23.1 Å². The van der Waals surface area contributed by atoms with Gasteiger partial charge in [-0.3, -0.25) is 0 Å². The topological polar surface area (TPSA) is 61.9 Å². The van der Waals surface area contributed by atoms with Crippen LogP contribution in [0.15, 0.2) is 48.5 Å². The van der Waals surface area contributed by atoms with Crippen LogP contribution in [-0.2, 0) is 10.2 Å². The van der Waals surface area contributed by atoms with Crippen molar-refractivity contribution in [1.82, 2.24) is 15.1 Å². The number of amides is 3. The number of rotatable bonds is 6. The number of halogens is 2. The second-order valence-corrected chi connectivity index (χ2v) is 8.99.